The molecule has 1 aromatic rings. The number of methoxy groups -OCH3 is 2. The molecule has 1 fully saturated rings. The normalized spacial score (nSPS) is 14.5. The molecule has 1 aliphatic heterocycles. The zero-order valence-electron chi connectivity index (χ0n) is 11.3. The van der Waals surface area contributed by atoms with Crippen LogP contribution < -0.4 is 14.4 Å². The second-order valence-corrected chi connectivity index (χ2v) is 4.11. The van der Waals surface area contributed by atoms with Crippen molar-refractivity contribution in [2.24, 2.45) is 0 Å². The summed E-state index contributed by atoms with van der Waals surface area (Å²) >= 11 is 0. The number of anilines is 1. The first-order valence-electron chi connectivity index (χ1n) is 5.92. The smallest absolute Gasteiger partial charge is 0.414 e. The topological polar surface area (TPSA) is 57.2 Å². The van der Waals surface area contributed by atoms with Crippen LogP contribution in [0.2, 0.25) is 0 Å². The van der Waals surface area contributed by atoms with Crippen molar-refractivity contribution in [3.05, 3.63) is 17.7 Å². The quantitative estimate of drug-likeness (QED) is 0.763. The number of carbonyl (C=O) groups is 1. The fourth-order valence-corrected chi connectivity index (χ4v) is 1.96. The van der Waals surface area contributed by atoms with E-state index in [0.29, 0.717) is 24.7 Å². The number of cyclic esters (lactones) is 1. The molecule has 0 radical (unpaired) electrons. The Bertz CT molecular complexity index is 474. The second kappa shape index (κ2) is 5.79. The Morgan fingerprint density at radius 2 is 2.16 bits per heavy atom. The first kappa shape index (κ1) is 13.5. The monoisotopic (exact) mass is 267 g/mol. The molecule has 0 spiro atoms. The van der Waals surface area contributed by atoms with E-state index in [1.54, 1.807) is 25.2 Å². The van der Waals surface area contributed by atoms with Crippen molar-refractivity contribution in [2.45, 2.75) is 6.92 Å². The maximum absolute atomic E-state index is 11.6. The number of nitrogens with zero attached hydrogens (tertiary/aromatic N) is 1. The van der Waals surface area contributed by atoms with E-state index >= 15 is 0 Å². The first-order chi connectivity index (χ1) is 9.17. The van der Waals surface area contributed by atoms with Gasteiger partial charge in [-0.3, -0.25) is 4.90 Å². The van der Waals surface area contributed by atoms with Gasteiger partial charge < -0.3 is 18.9 Å². The minimum absolute atomic E-state index is 0.141. The molecule has 0 atom stereocenters. The van der Waals surface area contributed by atoms with Crippen molar-refractivity contribution in [1.82, 2.24) is 0 Å². The molecule has 1 amide bonds. The van der Waals surface area contributed by atoms with Crippen LogP contribution in [0.15, 0.2) is 12.1 Å². The minimum Gasteiger partial charge on any atom is -0.493 e. The largest absolute Gasteiger partial charge is 0.493 e. The summed E-state index contributed by atoms with van der Waals surface area (Å²) in [4.78, 5) is 13.1. The van der Waals surface area contributed by atoms with Crippen LogP contribution in [-0.2, 0) is 9.47 Å². The van der Waals surface area contributed by atoms with Gasteiger partial charge in [-0.2, -0.15) is 0 Å². The van der Waals surface area contributed by atoms with Gasteiger partial charge in [0.15, 0.2) is 18.3 Å². The molecular weight excluding hydrogens is 250 g/mol. The number of hydrogen-bond donors (Lipinski definition) is 0. The van der Waals surface area contributed by atoms with Crippen LogP contribution in [0.3, 0.4) is 0 Å². The molecule has 1 heterocycles. The number of amides is 1. The van der Waals surface area contributed by atoms with Gasteiger partial charge in [0.25, 0.3) is 0 Å². The van der Waals surface area contributed by atoms with Crippen molar-refractivity contribution < 1.29 is 23.7 Å². The summed E-state index contributed by atoms with van der Waals surface area (Å²) in [5.74, 6) is 1.17. The van der Waals surface area contributed by atoms with E-state index < -0.39 is 0 Å². The predicted octanol–water partition coefficient (Wildman–Crippen LogP) is 1.94. The number of ether oxygens (including phenoxy) is 4. The molecule has 1 aliphatic rings. The molecule has 0 saturated carbocycles. The molecular formula is C13H17NO5. The number of carbonyl (C=O) groups excluding carboxylic acids is 1. The Morgan fingerprint density at radius 1 is 1.37 bits per heavy atom. The number of hydrogen-bond acceptors (Lipinski definition) is 5. The van der Waals surface area contributed by atoms with Crippen LogP contribution in [0.5, 0.6) is 11.5 Å². The van der Waals surface area contributed by atoms with E-state index in [-0.39, 0.29) is 12.9 Å². The third-order valence-corrected chi connectivity index (χ3v) is 2.84. The van der Waals surface area contributed by atoms with Gasteiger partial charge >= 0.3 is 6.09 Å². The maximum atomic E-state index is 11.6. The van der Waals surface area contributed by atoms with Gasteiger partial charge in [0, 0.05) is 13.2 Å². The number of rotatable bonds is 5. The maximum Gasteiger partial charge on any atom is 0.414 e. The first-order valence-corrected chi connectivity index (χ1v) is 5.92. The molecule has 1 aromatic carbocycles. The third-order valence-electron chi connectivity index (χ3n) is 2.84. The van der Waals surface area contributed by atoms with E-state index in [0.717, 1.165) is 11.3 Å². The fraction of sp³-hybridized carbons (Fsp3) is 0.462. The average Bonchev–Trinajstić information content (AvgIpc) is 2.82. The van der Waals surface area contributed by atoms with Crippen molar-refractivity contribution in [3.8, 4) is 11.5 Å². The summed E-state index contributed by atoms with van der Waals surface area (Å²) in [7, 11) is 3.11. The molecule has 0 aromatic heterocycles. The van der Waals surface area contributed by atoms with E-state index in [1.807, 2.05) is 13.0 Å². The number of benzene rings is 1. The second-order valence-electron chi connectivity index (χ2n) is 4.11. The minimum atomic E-state index is -0.341. The molecule has 6 heteroatoms. The van der Waals surface area contributed by atoms with Gasteiger partial charge in [-0.05, 0) is 18.6 Å². The van der Waals surface area contributed by atoms with Gasteiger partial charge in [0.2, 0.25) is 0 Å². The van der Waals surface area contributed by atoms with E-state index in [1.165, 1.54) is 0 Å². The lowest BCUT2D eigenvalue weighted by Crippen LogP contribution is -2.23. The van der Waals surface area contributed by atoms with Crippen molar-refractivity contribution in [1.29, 1.82) is 0 Å². The van der Waals surface area contributed by atoms with Crippen LogP contribution >= 0.6 is 0 Å². The summed E-state index contributed by atoms with van der Waals surface area (Å²) in [6, 6.07) is 3.62. The predicted molar refractivity (Wildman–Crippen MR) is 68.9 cm³/mol. The highest BCUT2D eigenvalue weighted by molar-refractivity contribution is 5.90. The van der Waals surface area contributed by atoms with Crippen LogP contribution in [0.1, 0.15) is 5.56 Å². The zero-order valence-corrected chi connectivity index (χ0v) is 11.3. The number of aryl methyl sites for hydroxylation is 1. The molecule has 0 bridgehead atoms. The van der Waals surface area contributed by atoms with Crippen molar-refractivity contribution >= 4 is 11.8 Å². The molecule has 0 N–H and O–H groups in total. The van der Waals surface area contributed by atoms with Crippen molar-refractivity contribution in [3.63, 3.8) is 0 Å². The van der Waals surface area contributed by atoms with Gasteiger partial charge in [-0.15, -0.1) is 0 Å². The van der Waals surface area contributed by atoms with Gasteiger partial charge in [-0.1, -0.05) is 0 Å². The molecule has 19 heavy (non-hydrogen) atoms. The van der Waals surface area contributed by atoms with Crippen LogP contribution in [0.25, 0.3) is 0 Å². The SMILES string of the molecule is COCOc1c(C)cc(N2CCOC2=O)cc1OC. The summed E-state index contributed by atoms with van der Waals surface area (Å²) in [5.41, 5.74) is 1.60. The highest BCUT2D eigenvalue weighted by atomic mass is 16.7. The molecule has 0 aliphatic carbocycles. The van der Waals surface area contributed by atoms with E-state index in [9.17, 15) is 4.79 Å². The Hall–Kier alpha value is -1.95. The molecule has 1 saturated heterocycles. The average molecular weight is 267 g/mol. The molecule has 0 unspecified atom stereocenters. The Morgan fingerprint density at radius 3 is 2.74 bits per heavy atom. The summed E-state index contributed by atoms with van der Waals surface area (Å²) in [6.07, 6.45) is -0.341. The van der Waals surface area contributed by atoms with Gasteiger partial charge in [-0.25, -0.2) is 4.79 Å². The van der Waals surface area contributed by atoms with Gasteiger partial charge in [0.1, 0.15) is 6.61 Å². The summed E-state index contributed by atoms with van der Waals surface area (Å²) in [6.45, 7) is 2.97. The van der Waals surface area contributed by atoms with Gasteiger partial charge in [0.05, 0.1) is 19.3 Å². The lowest BCUT2D eigenvalue weighted by molar-refractivity contribution is 0.0486. The van der Waals surface area contributed by atoms with Crippen LogP contribution in [0.4, 0.5) is 10.5 Å². The molecule has 2 rings (SSSR count). The molecule has 104 valence electrons. The highest BCUT2D eigenvalue weighted by Crippen LogP contribution is 2.36. The summed E-state index contributed by atoms with van der Waals surface area (Å²) in [5, 5.41) is 0. The van der Waals surface area contributed by atoms with Crippen LogP contribution in [-0.4, -0.2) is 40.3 Å². The summed E-state index contributed by atoms with van der Waals surface area (Å²) < 4.78 is 20.6. The standard InChI is InChI=1S/C13H17NO5/c1-9-6-10(14-4-5-18-13(14)15)7-11(17-3)12(9)19-8-16-2/h6-7H,4-5,8H2,1-3H3. The Balaban J connectivity index is 2.32. The lowest BCUT2D eigenvalue weighted by atomic mass is 10.1. The zero-order chi connectivity index (χ0) is 13.8. The van der Waals surface area contributed by atoms with Crippen LogP contribution in [0, 0.1) is 6.92 Å². The van der Waals surface area contributed by atoms with E-state index in [2.05, 4.69) is 0 Å². The third kappa shape index (κ3) is 2.73. The fourth-order valence-electron chi connectivity index (χ4n) is 1.96. The lowest BCUT2D eigenvalue weighted by Gasteiger charge is -2.18. The Labute approximate surface area is 111 Å². The van der Waals surface area contributed by atoms with Crippen molar-refractivity contribution in [2.75, 3.05) is 39.1 Å². The Kier molecular flexibility index (Phi) is 4.11. The van der Waals surface area contributed by atoms with E-state index in [4.69, 9.17) is 18.9 Å². The molecule has 6 nitrogen and oxygen atoms in total. The highest BCUT2D eigenvalue weighted by Gasteiger charge is 2.25.